The van der Waals surface area contributed by atoms with Gasteiger partial charge in [0.25, 0.3) is 0 Å². The van der Waals surface area contributed by atoms with E-state index < -0.39 is 16.1 Å². The lowest BCUT2D eigenvalue weighted by atomic mass is 9.92. The van der Waals surface area contributed by atoms with Crippen molar-refractivity contribution in [2.24, 2.45) is 0 Å². The van der Waals surface area contributed by atoms with Gasteiger partial charge in [-0.2, -0.15) is 0 Å². The van der Waals surface area contributed by atoms with E-state index in [2.05, 4.69) is 103 Å². The molecule has 28 heavy (non-hydrogen) atoms. The van der Waals surface area contributed by atoms with Crippen LogP contribution in [0.5, 0.6) is 0 Å². The second-order valence-corrected chi connectivity index (χ2v) is 17.7. The highest BCUT2D eigenvalue weighted by Gasteiger charge is 2.33. The number of hydrogen-bond donors (Lipinski definition) is 0. The van der Waals surface area contributed by atoms with E-state index in [4.69, 9.17) is 0 Å². The van der Waals surface area contributed by atoms with Gasteiger partial charge in [0.1, 0.15) is 16.1 Å². The van der Waals surface area contributed by atoms with E-state index in [9.17, 15) is 0 Å². The second kappa shape index (κ2) is 6.00. The summed E-state index contributed by atoms with van der Waals surface area (Å²) < 4.78 is 0. The summed E-state index contributed by atoms with van der Waals surface area (Å²) in [5.41, 5.74) is 7.70. The number of nitrogens with zero attached hydrogens (tertiary/aromatic N) is 1. The van der Waals surface area contributed by atoms with Gasteiger partial charge < -0.3 is 0 Å². The zero-order chi connectivity index (χ0) is 19.5. The zero-order valence-corrected chi connectivity index (χ0v) is 19.0. The molecule has 1 nitrogen and oxygen atoms in total. The van der Waals surface area contributed by atoms with Crippen molar-refractivity contribution in [2.75, 3.05) is 0 Å². The topological polar surface area (TPSA) is 12.9 Å². The standard InChI is InChI=1S/C25H25NSi2/c1-27(2)15-7-11-22(27)24-18-9-5-6-10-19(18)25(21-17-26-14-13-20(21)24)23-12-8-16-28(23,3)4/h5-17H,1-4H3. The van der Waals surface area contributed by atoms with Gasteiger partial charge in [0.2, 0.25) is 0 Å². The number of pyridine rings is 1. The predicted octanol–water partition coefficient (Wildman–Crippen LogP) is 6.87. The van der Waals surface area contributed by atoms with Crippen LogP contribution in [0.1, 0.15) is 11.1 Å². The van der Waals surface area contributed by atoms with Gasteiger partial charge >= 0.3 is 0 Å². The molecule has 3 aromatic rings. The maximum absolute atomic E-state index is 4.55. The Bertz CT molecular complexity index is 1100. The van der Waals surface area contributed by atoms with E-state index in [0.29, 0.717) is 0 Å². The van der Waals surface area contributed by atoms with Gasteiger partial charge in [0.05, 0.1) is 0 Å². The molecule has 0 amide bonds. The molecule has 0 radical (unpaired) electrons. The summed E-state index contributed by atoms with van der Waals surface area (Å²) in [6.45, 7) is 9.76. The lowest BCUT2D eigenvalue weighted by Gasteiger charge is -2.26. The maximum atomic E-state index is 4.55. The van der Waals surface area contributed by atoms with Crippen molar-refractivity contribution in [2.45, 2.75) is 26.2 Å². The Balaban J connectivity index is 1.96. The molecular weight excluding hydrogens is 370 g/mol. The van der Waals surface area contributed by atoms with Gasteiger partial charge in [-0.05, 0) is 43.7 Å². The zero-order valence-electron chi connectivity index (χ0n) is 17.0. The Labute approximate surface area is 168 Å². The van der Waals surface area contributed by atoms with E-state index in [-0.39, 0.29) is 0 Å². The Hall–Kier alpha value is -2.50. The summed E-state index contributed by atoms with van der Waals surface area (Å²) in [6.07, 6.45) is 13.2. The minimum absolute atomic E-state index is 1.30. The van der Waals surface area contributed by atoms with Gasteiger partial charge in [-0.3, -0.25) is 4.98 Å². The van der Waals surface area contributed by atoms with Crippen molar-refractivity contribution < 1.29 is 0 Å². The fourth-order valence-corrected chi connectivity index (χ4v) is 9.18. The Kier molecular flexibility index (Phi) is 3.77. The van der Waals surface area contributed by atoms with E-state index in [1.807, 2.05) is 6.20 Å². The molecule has 0 saturated carbocycles. The van der Waals surface area contributed by atoms with Crippen LogP contribution in [0.2, 0.25) is 26.2 Å². The Morgan fingerprint density at radius 2 is 1.14 bits per heavy atom. The highest BCUT2D eigenvalue weighted by molar-refractivity contribution is 7.00. The van der Waals surface area contributed by atoms with Crippen molar-refractivity contribution in [1.29, 1.82) is 0 Å². The van der Waals surface area contributed by atoms with E-state index in [1.165, 1.54) is 43.1 Å². The molecule has 2 aliphatic rings. The first-order valence-electron chi connectivity index (χ1n) is 9.99. The van der Waals surface area contributed by atoms with Crippen LogP contribution in [0.4, 0.5) is 0 Å². The smallest absolute Gasteiger partial charge is 0.105 e. The highest BCUT2D eigenvalue weighted by Crippen LogP contribution is 2.45. The van der Waals surface area contributed by atoms with E-state index >= 15 is 0 Å². The molecule has 2 aliphatic heterocycles. The van der Waals surface area contributed by atoms with Crippen LogP contribution in [0.15, 0.2) is 78.4 Å². The molecule has 0 bridgehead atoms. The minimum Gasteiger partial charge on any atom is -0.264 e. The third-order valence-corrected chi connectivity index (χ3v) is 12.0. The molecular formula is C25H25NSi2. The average molecular weight is 396 g/mol. The molecule has 2 aromatic carbocycles. The summed E-state index contributed by atoms with van der Waals surface area (Å²) >= 11 is 0. The van der Waals surface area contributed by atoms with Crippen molar-refractivity contribution in [3.05, 3.63) is 89.6 Å². The third kappa shape index (κ3) is 2.46. The molecule has 1 aromatic heterocycles. The Morgan fingerprint density at radius 1 is 0.643 bits per heavy atom. The van der Waals surface area contributed by atoms with Crippen LogP contribution in [-0.4, -0.2) is 21.1 Å². The summed E-state index contributed by atoms with van der Waals surface area (Å²) in [4.78, 5) is 4.55. The lowest BCUT2D eigenvalue weighted by molar-refractivity contribution is 1.36. The number of rotatable bonds is 2. The monoisotopic (exact) mass is 395 g/mol. The Morgan fingerprint density at radius 3 is 1.64 bits per heavy atom. The predicted molar refractivity (Wildman–Crippen MR) is 128 cm³/mol. The summed E-state index contributed by atoms with van der Waals surface area (Å²) in [7, 11) is -3.17. The largest absolute Gasteiger partial charge is 0.264 e. The quantitative estimate of drug-likeness (QED) is 0.341. The fourth-order valence-electron chi connectivity index (χ4n) is 4.79. The molecule has 0 N–H and O–H groups in total. The molecule has 3 heteroatoms. The van der Waals surface area contributed by atoms with E-state index in [1.54, 1.807) is 0 Å². The average Bonchev–Trinajstić information content (AvgIpc) is 3.20. The molecule has 5 rings (SSSR count). The molecule has 0 spiro atoms. The highest BCUT2D eigenvalue weighted by atomic mass is 28.3. The second-order valence-electron chi connectivity index (χ2n) is 9.04. The van der Waals surface area contributed by atoms with E-state index in [0.717, 1.165) is 0 Å². The third-order valence-electron chi connectivity index (χ3n) is 6.30. The SMILES string of the molecule is C[Si]1(C)C=CC=C1c1c2ccccc2c(C2=CC=C[Si]2(C)C)c2cnccc12. The minimum atomic E-state index is -1.59. The number of allylic oxidation sites excluding steroid dienone is 4. The number of aromatic nitrogens is 1. The van der Waals surface area contributed by atoms with Crippen molar-refractivity contribution in [1.82, 2.24) is 4.98 Å². The molecule has 138 valence electrons. The molecule has 0 unspecified atom stereocenters. The van der Waals surface area contributed by atoms with Crippen LogP contribution in [0.25, 0.3) is 31.9 Å². The van der Waals surface area contributed by atoms with Crippen LogP contribution < -0.4 is 0 Å². The van der Waals surface area contributed by atoms with Crippen LogP contribution in [-0.2, 0) is 0 Å². The molecule has 0 atom stereocenters. The van der Waals surface area contributed by atoms with Gasteiger partial charge in [0, 0.05) is 17.8 Å². The maximum Gasteiger partial charge on any atom is 0.105 e. The van der Waals surface area contributed by atoms with Crippen molar-refractivity contribution in [3.8, 4) is 0 Å². The molecule has 0 fully saturated rings. The van der Waals surface area contributed by atoms with Crippen LogP contribution in [0.3, 0.4) is 0 Å². The van der Waals surface area contributed by atoms with Gasteiger partial charge in [0.15, 0.2) is 0 Å². The fraction of sp³-hybridized carbons (Fsp3) is 0.160. The first-order valence-corrected chi connectivity index (χ1v) is 16.1. The van der Waals surface area contributed by atoms with Crippen molar-refractivity contribution >= 4 is 48.1 Å². The lowest BCUT2D eigenvalue weighted by Crippen LogP contribution is -2.24. The summed E-state index contributed by atoms with van der Waals surface area (Å²) in [5, 5.41) is 8.43. The van der Waals surface area contributed by atoms with Crippen LogP contribution >= 0.6 is 0 Å². The van der Waals surface area contributed by atoms with Crippen molar-refractivity contribution in [3.63, 3.8) is 0 Å². The van der Waals surface area contributed by atoms with Crippen LogP contribution in [0, 0.1) is 0 Å². The van der Waals surface area contributed by atoms with Gasteiger partial charge in [-0.1, -0.05) is 86.2 Å². The first-order chi connectivity index (χ1) is 13.4. The summed E-state index contributed by atoms with van der Waals surface area (Å²) in [5.74, 6) is 0. The number of benzene rings is 2. The molecule has 0 aliphatic carbocycles. The normalized spacial score (nSPS) is 19.4. The summed E-state index contributed by atoms with van der Waals surface area (Å²) in [6, 6.07) is 11.2. The first kappa shape index (κ1) is 17.6. The number of hydrogen-bond acceptors (Lipinski definition) is 1. The van der Waals surface area contributed by atoms with Gasteiger partial charge in [-0.25, -0.2) is 0 Å². The molecule has 3 heterocycles. The van der Waals surface area contributed by atoms with Gasteiger partial charge in [-0.15, -0.1) is 0 Å². The molecule has 0 saturated heterocycles. The number of fused-ring (bicyclic) bond motifs is 2.